The molecule has 0 spiro atoms. The third-order valence-corrected chi connectivity index (χ3v) is 7.86. The van der Waals surface area contributed by atoms with Gasteiger partial charge in [-0.1, -0.05) is 41.4 Å². The smallest absolute Gasteiger partial charge is 0.262 e. The van der Waals surface area contributed by atoms with Crippen LogP contribution in [0, 0.1) is 5.82 Å². The Kier molecular flexibility index (Phi) is 5.43. The molecule has 1 saturated heterocycles. The van der Waals surface area contributed by atoms with Crippen molar-refractivity contribution in [3.63, 3.8) is 0 Å². The minimum Gasteiger partial charge on any atom is -0.349 e. The van der Waals surface area contributed by atoms with Gasteiger partial charge in [0.05, 0.1) is 27.0 Å². The lowest BCUT2D eigenvalue weighted by atomic mass is 10.1. The second kappa shape index (κ2) is 8.14. The minimum atomic E-state index is -3.91. The molecular formula is C23H20Cl2FN3O2S. The van der Waals surface area contributed by atoms with Crippen LogP contribution >= 0.6 is 23.2 Å². The van der Waals surface area contributed by atoms with E-state index in [1.807, 2.05) is 6.07 Å². The van der Waals surface area contributed by atoms with Crippen LogP contribution in [0.3, 0.4) is 0 Å². The van der Waals surface area contributed by atoms with E-state index < -0.39 is 10.0 Å². The van der Waals surface area contributed by atoms with Crippen LogP contribution < -0.4 is 14.5 Å². The summed E-state index contributed by atoms with van der Waals surface area (Å²) in [5, 5.41) is 0.624. The normalized spacial score (nSPS) is 17.4. The maximum atomic E-state index is 14.4. The minimum absolute atomic E-state index is 0.0814. The van der Waals surface area contributed by atoms with E-state index in [1.165, 1.54) is 18.2 Å². The van der Waals surface area contributed by atoms with Crippen LogP contribution in [0.1, 0.15) is 18.4 Å². The zero-order valence-corrected chi connectivity index (χ0v) is 19.3. The number of nitrogens with zero attached hydrogens (tertiary/aromatic N) is 2. The molecule has 0 aromatic heterocycles. The average molecular weight is 492 g/mol. The highest BCUT2D eigenvalue weighted by Crippen LogP contribution is 2.46. The highest BCUT2D eigenvalue weighted by Gasteiger charge is 2.39. The summed E-state index contributed by atoms with van der Waals surface area (Å²) in [5.41, 5.74) is 2.52. The number of rotatable bonds is 5. The largest absolute Gasteiger partial charge is 0.349 e. The molecule has 3 aromatic carbocycles. The summed E-state index contributed by atoms with van der Waals surface area (Å²) in [5.74, 6) is -0.272. The van der Waals surface area contributed by atoms with E-state index in [9.17, 15) is 12.8 Å². The highest BCUT2D eigenvalue weighted by atomic mass is 35.5. The number of hydrogen-bond donors (Lipinski definition) is 1. The fourth-order valence-corrected chi connectivity index (χ4v) is 5.92. The van der Waals surface area contributed by atoms with Gasteiger partial charge >= 0.3 is 0 Å². The average Bonchev–Trinajstić information content (AvgIpc) is 3.34. The number of halogens is 3. The van der Waals surface area contributed by atoms with Gasteiger partial charge in [0.15, 0.2) is 0 Å². The topological polar surface area (TPSA) is 52.7 Å². The van der Waals surface area contributed by atoms with Gasteiger partial charge < -0.3 is 9.80 Å². The van der Waals surface area contributed by atoms with Crippen molar-refractivity contribution in [2.24, 2.45) is 0 Å². The Bertz CT molecular complexity index is 1300. The molecule has 2 aliphatic rings. The lowest BCUT2D eigenvalue weighted by Gasteiger charge is -2.27. The Hall–Kier alpha value is -2.48. The lowest BCUT2D eigenvalue weighted by molar-refractivity contribution is 0.583. The predicted molar refractivity (Wildman–Crippen MR) is 127 cm³/mol. The standard InChI is InChI=1S/C23H20Cl2FN3O2S/c24-16-7-9-18(25)20(12-16)27-32(30,31)17-8-10-21-22(13-17)29(23-6-3-11-28(21)23)14-15-4-1-2-5-19(15)26/h1-2,4-5,7-10,12-13,23,27H,3,6,11,14H2. The summed E-state index contributed by atoms with van der Waals surface area (Å²) in [6.07, 6.45) is 2.05. The van der Waals surface area contributed by atoms with Crippen molar-refractivity contribution in [2.75, 3.05) is 21.1 Å². The van der Waals surface area contributed by atoms with Crippen LogP contribution in [0.4, 0.5) is 21.5 Å². The van der Waals surface area contributed by atoms with Gasteiger partial charge in [0.2, 0.25) is 0 Å². The van der Waals surface area contributed by atoms with E-state index in [-0.39, 0.29) is 27.6 Å². The number of benzene rings is 3. The molecule has 1 N–H and O–H groups in total. The Morgan fingerprint density at radius 1 is 1.03 bits per heavy atom. The molecule has 0 aliphatic carbocycles. The molecule has 3 aromatic rings. The highest BCUT2D eigenvalue weighted by molar-refractivity contribution is 7.92. The first kappa shape index (κ1) is 21.4. The molecule has 9 heteroatoms. The van der Waals surface area contributed by atoms with Gasteiger partial charge in [-0.3, -0.25) is 4.72 Å². The monoisotopic (exact) mass is 491 g/mol. The van der Waals surface area contributed by atoms with Crippen LogP contribution in [-0.4, -0.2) is 21.1 Å². The van der Waals surface area contributed by atoms with E-state index in [4.69, 9.17) is 23.2 Å². The Balaban J connectivity index is 1.52. The van der Waals surface area contributed by atoms with Crippen molar-refractivity contribution in [1.29, 1.82) is 0 Å². The molecule has 32 heavy (non-hydrogen) atoms. The first-order chi connectivity index (χ1) is 15.3. The molecule has 0 amide bonds. The predicted octanol–water partition coefficient (Wildman–Crippen LogP) is 5.88. The quantitative estimate of drug-likeness (QED) is 0.484. The molecule has 0 saturated carbocycles. The van der Waals surface area contributed by atoms with Gasteiger partial charge in [-0.15, -0.1) is 0 Å². The maximum absolute atomic E-state index is 14.4. The van der Waals surface area contributed by atoms with Crippen LogP contribution in [-0.2, 0) is 16.6 Å². The van der Waals surface area contributed by atoms with Crippen molar-refractivity contribution < 1.29 is 12.8 Å². The fourth-order valence-electron chi connectivity index (χ4n) is 4.44. The lowest BCUT2D eigenvalue weighted by Crippen LogP contribution is -2.38. The van der Waals surface area contributed by atoms with E-state index >= 15 is 0 Å². The van der Waals surface area contributed by atoms with E-state index in [0.29, 0.717) is 17.1 Å². The first-order valence-corrected chi connectivity index (χ1v) is 12.5. The van der Waals surface area contributed by atoms with Gasteiger partial charge in [0.1, 0.15) is 12.0 Å². The van der Waals surface area contributed by atoms with E-state index in [0.717, 1.165) is 30.8 Å². The Morgan fingerprint density at radius 3 is 2.66 bits per heavy atom. The van der Waals surface area contributed by atoms with Crippen molar-refractivity contribution in [1.82, 2.24) is 0 Å². The van der Waals surface area contributed by atoms with Gasteiger partial charge in [-0.05, 0) is 55.3 Å². The van der Waals surface area contributed by atoms with Crippen molar-refractivity contribution >= 4 is 50.3 Å². The van der Waals surface area contributed by atoms with Crippen LogP contribution in [0.15, 0.2) is 65.6 Å². The van der Waals surface area contributed by atoms with Crippen LogP contribution in [0.25, 0.3) is 0 Å². The number of hydrogen-bond acceptors (Lipinski definition) is 4. The van der Waals surface area contributed by atoms with Crippen LogP contribution in [0.5, 0.6) is 0 Å². The van der Waals surface area contributed by atoms with Gasteiger partial charge in [-0.2, -0.15) is 0 Å². The Morgan fingerprint density at radius 2 is 1.84 bits per heavy atom. The molecule has 166 valence electrons. The SMILES string of the molecule is O=S(=O)(Nc1cc(Cl)ccc1Cl)c1ccc2c(c1)N(Cc1ccccc1F)C1CCCN21. The zero-order chi connectivity index (χ0) is 22.5. The third kappa shape index (κ3) is 3.78. The molecule has 5 rings (SSSR count). The van der Waals surface area contributed by atoms with Gasteiger partial charge in [0.25, 0.3) is 10.0 Å². The molecule has 2 aliphatic heterocycles. The molecule has 1 atom stereocenters. The molecular weight excluding hydrogens is 472 g/mol. The molecule has 2 heterocycles. The van der Waals surface area contributed by atoms with Crippen LogP contribution in [0.2, 0.25) is 10.0 Å². The number of fused-ring (bicyclic) bond motifs is 3. The van der Waals surface area contributed by atoms with Crippen molar-refractivity contribution in [3.8, 4) is 0 Å². The summed E-state index contributed by atoms with van der Waals surface area (Å²) in [6, 6.07) is 16.3. The summed E-state index contributed by atoms with van der Waals surface area (Å²) in [7, 11) is -3.91. The summed E-state index contributed by atoms with van der Waals surface area (Å²) in [4.78, 5) is 4.45. The molecule has 5 nitrogen and oxygen atoms in total. The fraction of sp³-hybridized carbons (Fsp3) is 0.217. The summed E-state index contributed by atoms with van der Waals surface area (Å²) in [6.45, 7) is 1.24. The second-order valence-corrected chi connectivity index (χ2v) is 10.4. The second-order valence-electron chi connectivity index (χ2n) is 7.92. The number of anilines is 3. The maximum Gasteiger partial charge on any atom is 0.262 e. The van der Waals surface area contributed by atoms with Crippen molar-refractivity contribution in [3.05, 3.63) is 82.1 Å². The molecule has 1 unspecified atom stereocenters. The van der Waals surface area contributed by atoms with Crippen molar-refractivity contribution in [2.45, 2.75) is 30.4 Å². The molecule has 0 radical (unpaired) electrons. The summed E-state index contributed by atoms with van der Waals surface area (Å²) < 4.78 is 43.1. The zero-order valence-electron chi connectivity index (χ0n) is 16.9. The third-order valence-electron chi connectivity index (χ3n) is 5.93. The summed E-state index contributed by atoms with van der Waals surface area (Å²) >= 11 is 12.1. The van der Waals surface area contributed by atoms with Gasteiger partial charge in [0, 0.05) is 23.7 Å². The molecule has 0 bridgehead atoms. The number of nitrogens with one attached hydrogen (secondary N) is 1. The van der Waals surface area contributed by atoms with E-state index in [1.54, 1.807) is 36.4 Å². The van der Waals surface area contributed by atoms with E-state index in [2.05, 4.69) is 14.5 Å². The molecule has 1 fully saturated rings. The Labute approximate surface area is 196 Å². The number of sulfonamides is 1. The first-order valence-electron chi connectivity index (χ1n) is 10.2. The van der Waals surface area contributed by atoms with Gasteiger partial charge in [-0.25, -0.2) is 12.8 Å².